The van der Waals surface area contributed by atoms with Crippen LogP contribution in [0.3, 0.4) is 0 Å². The van der Waals surface area contributed by atoms with Crippen LogP contribution in [0.4, 0.5) is 5.00 Å². The van der Waals surface area contributed by atoms with E-state index in [0.29, 0.717) is 29.1 Å². The minimum absolute atomic E-state index is 0.0382. The molecule has 0 aliphatic heterocycles. The van der Waals surface area contributed by atoms with Crippen molar-refractivity contribution >= 4 is 45.7 Å². The van der Waals surface area contributed by atoms with Gasteiger partial charge in [0.2, 0.25) is 5.91 Å². The largest absolute Gasteiger partial charge is 0.462 e. The Balaban J connectivity index is 1.99. The molecule has 6 nitrogen and oxygen atoms in total. The standard InChI is InChI=1S/C19H20N2O4S2/c1-3-25-19(23)15-13-9-10-14(26-12-7-5-4-6-8-12)16(21-24)17(13)27-18(15)20-11(2)22/h4-8,14,24H,3,9-10H2,1-2H3,(H,20,22)/b21-16-/t14-/m0/s1. The molecule has 1 aliphatic carbocycles. The molecule has 2 aromatic rings. The number of thiophene rings is 1. The summed E-state index contributed by atoms with van der Waals surface area (Å²) < 4.78 is 5.17. The van der Waals surface area contributed by atoms with Crippen LogP contribution in [0.5, 0.6) is 0 Å². The SMILES string of the molecule is CCOC(=O)c1c(NC(C)=O)sc2c1CC[C@H](Sc1ccccc1)/C2=N/O. The summed E-state index contributed by atoms with van der Waals surface area (Å²) in [6.07, 6.45) is 1.36. The van der Waals surface area contributed by atoms with Crippen molar-refractivity contribution < 1.29 is 19.5 Å². The van der Waals surface area contributed by atoms with E-state index >= 15 is 0 Å². The minimum Gasteiger partial charge on any atom is -0.462 e. The molecular weight excluding hydrogens is 384 g/mol. The minimum atomic E-state index is -0.467. The number of nitrogens with one attached hydrogen (secondary N) is 1. The lowest BCUT2D eigenvalue weighted by molar-refractivity contribution is -0.114. The highest BCUT2D eigenvalue weighted by molar-refractivity contribution is 8.00. The number of rotatable bonds is 5. The molecule has 0 radical (unpaired) electrons. The van der Waals surface area contributed by atoms with E-state index in [2.05, 4.69) is 10.5 Å². The summed E-state index contributed by atoms with van der Waals surface area (Å²) in [5.41, 5.74) is 1.67. The van der Waals surface area contributed by atoms with Crippen LogP contribution >= 0.6 is 23.1 Å². The fourth-order valence-electron chi connectivity index (χ4n) is 3.02. The highest BCUT2D eigenvalue weighted by atomic mass is 32.2. The van der Waals surface area contributed by atoms with Crippen LogP contribution in [0.1, 0.15) is 41.1 Å². The summed E-state index contributed by atoms with van der Waals surface area (Å²) in [5, 5.41) is 16.4. The highest BCUT2D eigenvalue weighted by Crippen LogP contribution is 2.42. The number of anilines is 1. The van der Waals surface area contributed by atoms with Crippen molar-refractivity contribution in [1.82, 2.24) is 0 Å². The van der Waals surface area contributed by atoms with Gasteiger partial charge < -0.3 is 15.3 Å². The predicted molar refractivity (Wildman–Crippen MR) is 107 cm³/mol. The number of esters is 1. The molecule has 0 fully saturated rings. The van der Waals surface area contributed by atoms with Crippen molar-refractivity contribution in [3.05, 3.63) is 46.3 Å². The van der Waals surface area contributed by atoms with E-state index in [1.165, 1.54) is 18.3 Å². The second-order valence-electron chi connectivity index (χ2n) is 5.96. The number of carbonyl (C=O) groups is 2. The third-order valence-corrected chi connectivity index (χ3v) is 6.56. The van der Waals surface area contributed by atoms with Crippen LogP contribution in [0.15, 0.2) is 40.4 Å². The van der Waals surface area contributed by atoms with Crippen LogP contribution in [0.2, 0.25) is 0 Å². The van der Waals surface area contributed by atoms with E-state index in [9.17, 15) is 14.8 Å². The number of oxime groups is 1. The molecule has 27 heavy (non-hydrogen) atoms. The Labute approximate surface area is 165 Å². The van der Waals surface area contributed by atoms with Gasteiger partial charge in [-0.25, -0.2) is 4.79 Å². The Morgan fingerprint density at radius 2 is 2.11 bits per heavy atom. The third kappa shape index (κ3) is 4.17. The normalized spacial score (nSPS) is 17.4. The van der Waals surface area contributed by atoms with Crippen LogP contribution < -0.4 is 5.32 Å². The van der Waals surface area contributed by atoms with Crippen LogP contribution in [-0.2, 0) is 16.0 Å². The lowest BCUT2D eigenvalue weighted by Gasteiger charge is -2.23. The van der Waals surface area contributed by atoms with Crippen molar-refractivity contribution in [2.75, 3.05) is 11.9 Å². The van der Waals surface area contributed by atoms with Gasteiger partial charge in [0.15, 0.2) is 0 Å². The van der Waals surface area contributed by atoms with Gasteiger partial charge in [-0.3, -0.25) is 4.79 Å². The number of carbonyl (C=O) groups excluding carboxylic acids is 2. The van der Waals surface area contributed by atoms with Crippen molar-refractivity contribution in [2.24, 2.45) is 5.16 Å². The first-order valence-electron chi connectivity index (χ1n) is 8.59. The monoisotopic (exact) mass is 404 g/mol. The summed E-state index contributed by atoms with van der Waals surface area (Å²) >= 11 is 2.88. The third-order valence-electron chi connectivity index (χ3n) is 4.10. The van der Waals surface area contributed by atoms with Crippen molar-refractivity contribution in [1.29, 1.82) is 0 Å². The molecule has 1 aromatic carbocycles. The molecule has 0 unspecified atom stereocenters. The summed E-state index contributed by atoms with van der Waals surface area (Å²) in [6.45, 7) is 3.38. The zero-order valence-corrected chi connectivity index (χ0v) is 16.7. The Morgan fingerprint density at radius 1 is 1.37 bits per heavy atom. The Bertz CT molecular complexity index is 877. The fraction of sp³-hybridized carbons (Fsp3) is 0.316. The first-order chi connectivity index (χ1) is 13.0. The van der Waals surface area contributed by atoms with Crippen molar-refractivity contribution in [2.45, 2.75) is 36.8 Å². The molecule has 0 spiro atoms. The first-order valence-corrected chi connectivity index (χ1v) is 10.3. The van der Waals surface area contributed by atoms with Crippen molar-refractivity contribution in [3.63, 3.8) is 0 Å². The lowest BCUT2D eigenvalue weighted by atomic mass is 9.93. The molecule has 0 bridgehead atoms. The van der Waals surface area contributed by atoms with Gasteiger partial charge in [-0.05, 0) is 37.5 Å². The molecule has 1 aliphatic rings. The molecule has 8 heteroatoms. The maximum absolute atomic E-state index is 12.5. The number of thioether (sulfide) groups is 1. The Hall–Kier alpha value is -2.32. The van der Waals surface area contributed by atoms with E-state index in [4.69, 9.17) is 4.74 Å². The smallest absolute Gasteiger partial charge is 0.341 e. The Morgan fingerprint density at radius 3 is 2.74 bits per heavy atom. The van der Waals surface area contributed by atoms with Gasteiger partial charge >= 0.3 is 5.97 Å². The average Bonchev–Trinajstić information content (AvgIpc) is 3.00. The Kier molecular flexibility index (Phi) is 6.18. The quantitative estimate of drug-likeness (QED) is 0.444. The maximum Gasteiger partial charge on any atom is 0.341 e. The summed E-state index contributed by atoms with van der Waals surface area (Å²) in [5.74, 6) is -0.734. The lowest BCUT2D eigenvalue weighted by Crippen LogP contribution is -2.25. The van der Waals surface area contributed by atoms with Gasteiger partial charge in [0.1, 0.15) is 10.7 Å². The van der Waals surface area contributed by atoms with Gasteiger partial charge in [-0.15, -0.1) is 23.1 Å². The number of amides is 1. The number of fused-ring (bicyclic) bond motifs is 1. The van der Waals surface area contributed by atoms with Gasteiger partial charge in [-0.1, -0.05) is 23.4 Å². The highest BCUT2D eigenvalue weighted by Gasteiger charge is 2.35. The van der Waals surface area contributed by atoms with Crippen LogP contribution in [0, 0.1) is 0 Å². The number of hydrogen-bond donors (Lipinski definition) is 2. The zero-order chi connectivity index (χ0) is 19.4. The molecule has 3 rings (SSSR count). The van der Waals surface area contributed by atoms with Gasteiger partial charge in [0.25, 0.3) is 0 Å². The van der Waals surface area contributed by atoms with Gasteiger partial charge in [0.05, 0.1) is 22.3 Å². The molecular formula is C19H20N2O4S2. The summed E-state index contributed by atoms with van der Waals surface area (Å²) in [4.78, 5) is 25.9. The van der Waals surface area contributed by atoms with Gasteiger partial charge in [0, 0.05) is 11.8 Å². The van der Waals surface area contributed by atoms with Crippen molar-refractivity contribution in [3.8, 4) is 0 Å². The van der Waals surface area contributed by atoms with Gasteiger partial charge in [-0.2, -0.15) is 0 Å². The second kappa shape index (κ2) is 8.58. The first kappa shape index (κ1) is 19.4. The molecule has 142 valence electrons. The fourth-order valence-corrected chi connectivity index (χ4v) is 5.58. The average molecular weight is 405 g/mol. The van der Waals surface area contributed by atoms with E-state index < -0.39 is 5.97 Å². The zero-order valence-electron chi connectivity index (χ0n) is 15.0. The molecule has 2 N–H and O–H groups in total. The van der Waals surface area contributed by atoms with E-state index in [1.807, 2.05) is 30.3 Å². The van der Waals surface area contributed by atoms with E-state index in [0.717, 1.165) is 15.3 Å². The number of hydrogen-bond acceptors (Lipinski definition) is 7. The molecule has 1 heterocycles. The van der Waals surface area contributed by atoms with Crippen LogP contribution in [-0.4, -0.2) is 34.7 Å². The molecule has 0 saturated carbocycles. The van der Waals surface area contributed by atoms with E-state index in [-0.39, 0.29) is 17.8 Å². The summed E-state index contributed by atoms with van der Waals surface area (Å²) in [6, 6.07) is 9.90. The predicted octanol–water partition coefficient (Wildman–Crippen LogP) is 4.17. The van der Waals surface area contributed by atoms with E-state index in [1.54, 1.807) is 18.7 Å². The number of benzene rings is 1. The second-order valence-corrected chi connectivity index (χ2v) is 8.26. The van der Waals surface area contributed by atoms with Crippen LogP contribution in [0.25, 0.3) is 0 Å². The molecule has 1 atom stereocenters. The molecule has 0 saturated heterocycles. The topological polar surface area (TPSA) is 88.0 Å². The maximum atomic E-state index is 12.5. The number of ether oxygens (including phenoxy) is 1. The molecule has 1 amide bonds. The summed E-state index contributed by atoms with van der Waals surface area (Å²) in [7, 11) is 0. The number of nitrogens with zero attached hydrogens (tertiary/aromatic N) is 1. The molecule has 1 aromatic heterocycles.